The van der Waals surface area contributed by atoms with Crippen LogP contribution in [-0.4, -0.2) is 60.0 Å². The highest BCUT2D eigenvalue weighted by molar-refractivity contribution is 5.93. The van der Waals surface area contributed by atoms with Gasteiger partial charge < -0.3 is 20.3 Å². The Labute approximate surface area is 206 Å². The smallest absolute Gasteiger partial charge is 0.329 e. The summed E-state index contributed by atoms with van der Waals surface area (Å²) in [5, 5.41) is 6.32. The van der Waals surface area contributed by atoms with Crippen molar-refractivity contribution in [1.29, 1.82) is 0 Å². The van der Waals surface area contributed by atoms with Crippen LogP contribution >= 0.6 is 0 Å². The lowest BCUT2D eigenvalue weighted by Gasteiger charge is -2.38. The molecule has 0 spiro atoms. The summed E-state index contributed by atoms with van der Waals surface area (Å²) >= 11 is 0. The second-order valence-corrected chi connectivity index (χ2v) is 12.8. The van der Waals surface area contributed by atoms with Crippen molar-refractivity contribution >= 4 is 17.8 Å². The molecule has 2 saturated carbocycles. The van der Waals surface area contributed by atoms with Crippen LogP contribution in [0.2, 0.25) is 0 Å². The van der Waals surface area contributed by atoms with Crippen molar-refractivity contribution < 1.29 is 19.1 Å². The molecule has 0 aromatic heterocycles. The molecule has 0 radical (unpaired) electrons. The molecule has 2 amide bonds. The van der Waals surface area contributed by atoms with Crippen LogP contribution in [0.15, 0.2) is 0 Å². The molecule has 0 unspecified atom stereocenters. The van der Waals surface area contributed by atoms with Gasteiger partial charge >= 0.3 is 5.97 Å². The number of hydrogen-bond donors (Lipinski definition) is 2. The molecule has 3 rings (SSSR count). The number of likely N-dealkylation sites (N-methyl/N-ethyl adjacent to an activating group) is 1. The summed E-state index contributed by atoms with van der Waals surface area (Å²) in [5.74, 6) is 0.160. The molecule has 3 aliphatic rings. The normalized spacial score (nSPS) is 27.7. The van der Waals surface area contributed by atoms with Crippen LogP contribution in [0.5, 0.6) is 0 Å². The number of rotatable bonds is 6. The Morgan fingerprint density at radius 3 is 2.12 bits per heavy atom. The highest BCUT2D eigenvalue weighted by atomic mass is 16.6. The van der Waals surface area contributed by atoms with Gasteiger partial charge in [0.15, 0.2) is 0 Å². The number of nitrogens with zero attached hydrogens (tertiary/aromatic N) is 1. The Morgan fingerprint density at radius 2 is 1.56 bits per heavy atom. The Balaban J connectivity index is 1.81. The summed E-state index contributed by atoms with van der Waals surface area (Å²) in [6.45, 7) is 12.1. The number of amides is 2. The van der Waals surface area contributed by atoms with Crippen LogP contribution in [0.4, 0.5) is 0 Å². The molecular weight excluding hydrogens is 430 g/mol. The molecular formula is C27H47N3O4. The van der Waals surface area contributed by atoms with E-state index in [1.165, 1.54) is 6.42 Å². The summed E-state index contributed by atoms with van der Waals surface area (Å²) in [7, 11) is 1.83. The maximum Gasteiger partial charge on any atom is 0.329 e. The van der Waals surface area contributed by atoms with Gasteiger partial charge in [-0.25, -0.2) is 4.79 Å². The van der Waals surface area contributed by atoms with E-state index in [9.17, 15) is 14.4 Å². The summed E-state index contributed by atoms with van der Waals surface area (Å²) < 4.78 is 5.76. The molecule has 2 aliphatic carbocycles. The first-order valence-corrected chi connectivity index (χ1v) is 13.3. The van der Waals surface area contributed by atoms with Crippen molar-refractivity contribution in [2.45, 2.75) is 117 Å². The Hall–Kier alpha value is -1.63. The van der Waals surface area contributed by atoms with E-state index in [4.69, 9.17) is 4.74 Å². The monoisotopic (exact) mass is 477 g/mol. The largest absolute Gasteiger partial charge is 0.458 e. The molecule has 1 heterocycles. The number of nitrogens with one attached hydrogen (secondary N) is 2. The van der Waals surface area contributed by atoms with Gasteiger partial charge in [0, 0.05) is 6.54 Å². The van der Waals surface area contributed by atoms with E-state index >= 15 is 0 Å². The number of hydrogen-bond acceptors (Lipinski definition) is 5. The van der Waals surface area contributed by atoms with Gasteiger partial charge in [-0.05, 0) is 76.7 Å². The third kappa shape index (κ3) is 6.13. The fraction of sp³-hybridized carbons (Fsp3) is 0.889. The van der Waals surface area contributed by atoms with Crippen molar-refractivity contribution in [1.82, 2.24) is 15.5 Å². The summed E-state index contributed by atoms with van der Waals surface area (Å²) in [6, 6.07) is -1.58. The van der Waals surface area contributed by atoms with E-state index in [1.54, 1.807) is 4.90 Å². The highest BCUT2D eigenvalue weighted by Gasteiger charge is 2.53. The maximum absolute atomic E-state index is 14.0. The molecule has 0 bridgehead atoms. The van der Waals surface area contributed by atoms with Gasteiger partial charge in [0.1, 0.15) is 17.7 Å². The van der Waals surface area contributed by atoms with E-state index < -0.39 is 23.1 Å². The molecule has 1 saturated heterocycles. The van der Waals surface area contributed by atoms with E-state index in [0.29, 0.717) is 12.5 Å². The summed E-state index contributed by atoms with van der Waals surface area (Å²) in [6.07, 6.45) is 8.63. The molecule has 1 aliphatic heterocycles. The quantitative estimate of drug-likeness (QED) is 0.570. The first-order chi connectivity index (χ1) is 15.8. The lowest BCUT2D eigenvalue weighted by atomic mass is 9.82. The van der Waals surface area contributed by atoms with Crippen molar-refractivity contribution in [3.05, 3.63) is 0 Å². The number of fused-ring (bicyclic) bond motifs is 1. The van der Waals surface area contributed by atoms with Crippen LogP contribution in [0.3, 0.4) is 0 Å². The molecule has 7 nitrogen and oxygen atoms in total. The van der Waals surface area contributed by atoms with Gasteiger partial charge in [-0.3, -0.25) is 9.59 Å². The Morgan fingerprint density at radius 1 is 0.912 bits per heavy atom. The third-order valence-electron chi connectivity index (χ3n) is 7.94. The van der Waals surface area contributed by atoms with Gasteiger partial charge in [0.05, 0.1) is 6.04 Å². The fourth-order valence-corrected chi connectivity index (χ4v) is 6.29. The molecule has 194 valence electrons. The van der Waals surface area contributed by atoms with Gasteiger partial charge in [-0.1, -0.05) is 46.5 Å². The first-order valence-electron chi connectivity index (χ1n) is 13.3. The number of carbonyl (C=O) groups excluding carboxylic acids is 3. The predicted molar refractivity (Wildman–Crippen MR) is 133 cm³/mol. The first kappa shape index (κ1) is 27.0. The average Bonchev–Trinajstić information content (AvgIpc) is 3.32. The van der Waals surface area contributed by atoms with Gasteiger partial charge in [0.2, 0.25) is 11.8 Å². The zero-order valence-electron chi connectivity index (χ0n) is 22.4. The third-order valence-corrected chi connectivity index (χ3v) is 7.94. The minimum absolute atomic E-state index is 0.115. The number of esters is 1. The second kappa shape index (κ2) is 10.5. The van der Waals surface area contributed by atoms with Gasteiger partial charge in [-0.2, -0.15) is 0 Å². The van der Waals surface area contributed by atoms with Gasteiger partial charge in [0.25, 0.3) is 0 Å². The predicted octanol–water partition coefficient (Wildman–Crippen LogP) is 3.65. The molecule has 34 heavy (non-hydrogen) atoms. The zero-order valence-corrected chi connectivity index (χ0v) is 22.4. The van der Waals surface area contributed by atoms with E-state index in [2.05, 4.69) is 10.6 Å². The lowest BCUT2D eigenvalue weighted by molar-refractivity contribution is -0.165. The number of carbonyl (C=O) groups is 3. The number of ether oxygens (including phenoxy) is 1. The second-order valence-electron chi connectivity index (χ2n) is 12.8. The molecule has 3 fully saturated rings. The molecule has 7 heteroatoms. The van der Waals surface area contributed by atoms with Crippen LogP contribution in [-0.2, 0) is 19.1 Å². The van der Waals surface area contributed by atoms with E-state index in [-0.39, 0.29) is 35.7 Å². The molecule has 0 aromatic rings. The van der Waals surface area contributed by atoms with Crippen molar-refractivity contribution in [2.75, 3.05) is 13.6 Å². The van der Waals surface area contributed by atoms with Crippen molar-refractivity contribution in [3.8, 4) is 0 Å². The van der Waals surface area contributed by atoms with E-state index in [0.717, 1.165) is 44.9 Å². The van der Waals surface area contributed by atoms with Gasteiger partial charge in [-0.15, -0.1) is 0 Å². The molecule has 0 aromatic carbocycles. The standard InChI is InChI=1S/C27H47N3O4/c1-26(2,3)22(29-23(31)20(28-7)17-12-9-8-10-13-17)24(32)30-16-18-14-11-15-19(18)21(30)25(33)34-27(4,5)6/h17-22,28H,8-16H2,1-7H3,(H,29,31)/t18-,19-,20-,21-,22+/m0/s1. The van der Waals surface area contributed by atoms with Crippen molar-refractivity contribution in [2.24, 2.45) is 23.2 Å². The van der Waals surface area contributed by atoms with Crippen molar-refractivity contribution in [3.63, 3.8) is 0 Å². The molecule has 5 atom stereocenters. The fourth-order valence-electron chi connectivity index (χ4n) is 6.29. The lowest BCUT2D eigenvalue weighted by Crippen LogP contribution is -2.60. The SMILES string of the molecule is CN[C@H](C(=O)N[C@H](C(=O)N1C[C@@H]2CCC[C@@H]2[C@H]1C(=O)OC(C)(C)C)C(C)(C)C)C1CCCCC1. The average molecular weight is 478 g/mol. The minimum atomic E-state index is -0.705. The zero-order chi connectivity index (χ0) is 25.3. The Kier molecular flexibility index (Phi) is 8.37. The van der Waals surface area contributed by atoms with Crippen LogP contribution in [0.1, 0.15) is 92.9 Å². The topological polar surface area (TPSA) is 87.7 Å². The van der Waals surface area contributed by atoms with Crippen LogP contribution in [0, 0.1) is 23.2 Å². The maximum atomic E-state index is 14.0. The summed E-state index contributed by atoms with van der Waals surface area (Å²) in [5.41, 5.74) is -1.10. The van der Waals surface area contributed by atoms with E-state index in [1.807, 2.05) is 48.6 Å². The van der Waals surface area contributed by atoms with Crippen LogP contribution < -0.4 is 10.6 Å². The highest BCUT2D eigenvalue weighted by Crippen LogP contribution is 2.43. The Bertz CT molecular complexity index is 748. The minimum Gasteiger partial charge on any atom is -0.458 e. The molecule has 2 N–H and O–H groups in total. The summed E-state index contributed by atoms with van der Waals surface area (Å²) in [4.78, 5) is 42.4. The number of likely N-dealkylation sites (tertiary alicyclic amines) is 1. The van der Waals surface area contributed by atoms with Crippen LogP contribution in [0.25, 0.3) is 0 Å².